The standard InChI is InChI=1S/C12H11F3N2O6/c1-11(21,5-9(18)19)10(20)16-6-2-3-8(17(22)23)7(4-6)12(13,14)15/h2-4,21H,5H2,1H3,(H,16,20)(H,18,19)/t11-/m0/s1. The van der Waals surface area contributed by atoms with E-state index in [4.69, 9.17) is 5.11 Å². The van der Waals surface area contributed by atoms with Crippen molar-refractivity contribution in [1.82, 2.24) is 0 Å². The zero-order chi connectivity index (χ0) is 18.0. The van der Waals surface area contributed by atoms with Crippen LogP contribution in [0.3, 0.4) is 0 Å². The largest absolute Gasteiger partial charge is 0.481 e. The molecule has 8 nitrogen and oxygen atoms in total. The van der Waals surface area contributed by atoms with Crippen molar-refractivity contribution in [2.75, 3.05) is 5.32 Å². The third-order valence-electron chi connectivity index (χ3n) is 2.74. The summed E-state index contributed by atoms with van der Waals surface area (Å²) >= 11 is 0. The molecule has 0 saturated carbocycles. The van der Waals surface area contributed by atoms with Crippen molar-refractivity contribution in [2.45, 2.75) is 25.1 Å². The van der Waals surface area contributed by atoms with Gasteiger partial charge in [0, 0.05) is 11.8 Å². The lowest BCUT2D eigenvalue weighted by molar-refractivity contribution is -0.388. The van der Waals surface area contributed by atoms with Crippen LogP contribution in [0.25, 0.3) is 0 Å². The summed E-state index contributed by atoms with van der Waals surface area (Å²) in [4.78, 5) is 31.6. The minimum atomic E-state index is -5.03. The Kier molecular flexibility index (Phi) is 4.95. The number of halogens is 3. The molecule has 0 fully saturated rings. The summed E-state index contributed by atoms with van der Waals surface area (Å²) in [5, 5.41) is 30.7. The van der Waals surface area contributed by atoms with Crippen LogP contribution in [0.2, 0.25) is 0 Å². The first kappa shape index (κ1) is 18.4. The van der Waals surface area contributed by atoms with Crippen molar-refractivity contribution < 1.29 is 37.9 Å². The van der Waals surface area contributed by atoms with Gasteiger partial charge in [-0.1, -0.05) is 0 Å². The van der Waals surface area contributed by atoms with E-state index in [1.54, 1.807) is 0 Å². The quantitative estimate of drug-likeness (QED) is 0.555. The van der Waals surface area contributed by atoms with Crippen LogP contribution in [0.15, 0.2) is 18.2 Å². The van der Waals surface area contributed by atoms with Crippen LogP contribution in [0.4, 0.5) is 24.5 Å². The molecule has 0 heterocycles. The van der Waals surface area contributed by atoms with E-state index in [1.807, 2.05) is 5.32 Å². The molecule has 126 valence electrons. The van der Waals surface area contributed by atoms with E-state index in [2.05, 4.69) is 0 Å². The number of rotatable bonds is 5. The van der Waals surface area contributed by atoms with Crippen LogP contribution in [-0.4, -0.2) is 32.6 Å². The predicted octanol–water partition coefficient (Wildman–Crippen LogP) is 1.78. The Morgan fingerprint density at radius 1 is 1.35 bits per heavy atom. The number of carboxylic acids is 1. The lowest BCUT2D eigenvalue weighted by Crippen LogP contribution is -2.41. The molecular formula is C12H11F3N2O6. The van der Waals surface area contributed by atoms with Gasteiger partial charge in [0.05, 0.1) is 11.3 Å². The highest BCUT2D eigenvalue weighted by Gasteiger charge is 2.39. The molecule has 1 atom stereocenters. The first-order chi connectivity index (χ1) is 10.3. The summed E-state index contributed by atoms with van der Waals surface area (Å²) in [6.45, 7) is 0.868. The fourth-order valence-corrected chi connectivity index (χ4v) is 1.64. The summed E-state index contributed by atoms with van der Waals surface area (Å²) in [5.41, 5.74) is -5.63. The van der Waals surface area contributed by atoms with Crippen molar-refractivity contribution in [3.63, 3.8) is 0 Å². The summed E-state index contributed by atoms with van der Waals surface area (Å²) < 4.78 is 38.4. The van der Waals surface area contributed by atoms with E-state index >= 15 is 0 Å². The van der Waals surface area contributed by atoms with Gasteiger partial charge in [-0.05, 0) is 19.1 Å². The first-order valence-electron chi connectivity index (χ1n) is 5.96. The monoisotopic (exact) mass is 336 g/mol. The predicted molar refractivity (Wildman–Crippen MR) is 69.6 cm³/mol. The Labute approximate surface area is 126 Å². The molecule has 1 aromatic carbocycles. The number of aliphatic carboxylic acids is 1. The average Bonchev–Trinajstić information content (AvgIpc) is 2.35. The fourth-order valence-electron chi connectivity index (χ4n) is 1.64. The Hall–Kier alpha value is -2.69. The number of benzene rings is 1. The molecule has 11 heteroatoms. The Morgan fingerprint density at radius 3 is 2.35 bits per heavy atom. The number of carbonyl (C=O) groups excluding carboxylic acids is 1. The van der Waals surface area contributed by atoms with Crippen molar-refractivity contribution in [3.05, 3.63) is 33.9 Å². The normalized spacial score (nSPS) is 14.0. The number of aliphatic hydroxyl groups is 1. The minimum Gasteiger partial charge on any atom is -0.481 e. The van der Waals surface area contributed by atoms with E-state index in [0.29, 0.717) is 12.1 Å². The highest BCUT2D eigenvalue weighted by Crippen LogP contribution is 2.37. The molecule has 1 rings (SSSR count). The number of nitrogens with zero attached hydrogens (tertiary/aromatic N) is 1. The van der Waals surface area contributed by atoms with Gasteiger partial charge in [-0.25, -0.2) is 0 Å². The maximum absolute atomic E-state index is 12.8. The van der Waals surface area contributed by atoms with Crippen LogP contribution in [0.5, 0.6) is 0 Å². The van der Waals surface area contributed by atoms with Crippen LogP contribution in [0, 0.1) is 10.1 Å². The summed E-state index contributed by atoms with van der Waals surface area (Å²) in [5.74, 6) is -2.76. The van der Waals surface area contributed by atoms with Gasteiger partial charge in [-0.3, -0.25) is 19.7 Å². The molecular weight excluding hydrogens is 325 g/mol. The molecule has 0 aliphatic carbocycles. The molecule has 0 unspecified atom stereocenters. The van der Waals surface area contributed by atoms with E-state index in [0.717, 1.165) is 13.0 Å². The van der Waals surface area contributed by atoms with Gasteiger partial charge >= 0.3 is 12.1 Å². The lowest BCUT2D eigenvalue weighted by Gasteiger charge is -2.20. The molecule has 0 bridgehead atoms. The van der Waals surface area contributed by atoms with Crippen LogP contribution < -0.4 is 5.32 Å². The number of carbonyl (C=O) groups is 2. The van der Waals surface area contributed by atoms with E-state index in [9.17, 15) is 38.0 Å². The summed E-state index contributed by atoms with van der Waals surface area (Å²) in [6.07, 6.45) is -6.01. The van der Waals surface area contributed by atoms with E-state index in [-0.39, 0.29) is 0 Å². The van der Waals surface area contributed by atoms with Crippen molar-refractivity contribution in [3.8, 4) is 0 Å². The molecule has 0 spiro atoms. The average molecular weight is 336 g/mol. The number of hydrogen-bond donors (Lipinski definition) is 3. The van der Waals surface area contributed by atoms with Crippen molar-refractivity contribution >= 4 is 23.3 Å². The number of hydrogen-bond acceptors (Lipinski definition) is 5. The van der Waals surface area contributed by atoms with Crippen molar-refractivity contribution in [2.24, 2.45) is 0 Å². The van der Waals surface area contributed by atoms with E-state index in [1.165, 1.54) is 0 Å². The first-order valence-corrected chi connectivity index (χ1v) is 5.96. The van der Waals surface area contributed by atoms with Gasteiger partial charge in [0.15, 0.2) is 5.60 Å². The smallest absolute Gasteiger partial charge is 0.423 e. The van der Waals surface area contributed by atoms with Gasteiger partial charge in [-0.2, -0.15) is 13.2 Å². The number of anilines is 1. The number of alkyl halides is 3. The number of amides is 1. The highest BCUT2D eigenvalue weighted by atomic mass is 19.4. The molecule has 1 aromatic rings. The maximum Gasteiger partial charge on any atom is 0.423 e. The van der Waals surface area contributed by atoms with E-state index < -0.39 is 51.9 Å². The number of carboxylic acid groups (broad SMARTS) is 1. The Balaban J connectivity index is 3.14. The number of nitro groups is 1. The molecule has 3 N–H and O–H groups in total. The number of nitro benzene ring substituents is 1. The molecule has 0 saturated heterocycles. The third kappa shape index (κ3) is 4.64. The van der Waals surface area contributed by atoms with Gasteiger partial charge in [0.1, 0.15) is 5.56 Å². The molecule has 0 aromatic heterocycles. The SMILES string of the molecule is C[C@](O)(CC(=O)O)C(=O)Nc1ccc([N+](=O)[O-])c(C(F)(F)F)c1. The van der Waals surface area contributed by atoms with Crippen LogP contribution >= 0.6 is 0 Å². The fraction of sp³-hybridized carbons (Fsp3) is 0.333. The molecule has 23 heavy (non-hydrogen) atoms. The lowest BCUT2D eigenvalue weighted by atomic mass is 10.0. The van der Waals surface area contributed by atoms with Gasteiger partial charge in [0.2, 0.25) is 0 Å². The van der Waals surface area contributed by atoms with Gasteiger partial charge < -0.3 is 15.5 Å². The topological polar surface area (TPSA) is 130 Å². The Morgan fingerprint density at radius 2 is 1.91 bits per heavy atom. The second kappa shape index (κ2) is 6.20. The Bertz CT molecular complexity index is 657. The van der Waals surface area contributed by atoms with Crippen molar-refractivity contribution in [1.29, 1.82) is 0 Å². The zero-order valence-electron chi connectivity index (χ0n) is 11.5. The summed E-state index contributed by atoms with van der Waals surface area (Å²) in [6, 6.07) is 1.71. The van der Waals surface area contributed by atoms with Crippen LogP contribution in [0.1, 0.15) is 18.9 Å². The zero-order valence-corrected chi connectivity index (χ0v) is 11.5. The molecule has 0 radical (unpaired) electrons. The highest BCUT2D eigenvalue weighted by molar-refractivity contribution is 5.99. The molecule has 0 aliphatic heterocycles. The number of nitrogens with one attached hydrogen (secondary N) is 1. The van der Waals surface area contributed by atoms with Gasteiger partial charge in [-0.15, -0.1) is 0 Å². The minimum absolute atomic E-state index is 0.326. The molecule has 0 aliphatic rings. The molecule has 1 amide bonds. The summed E-state index contributed by atoms with van der Waals surface area (Å²) in [7, 11) is 0. The second-order valence-corrected chi connectivity index (χ2v) is 4.79. The third-order valence-corrected chi connectivity index (χ3v) is 2.74. The second-order valence-electron chi connectivity index (χ2n) is 4.79. The van der Waals surface area contributed by atoms with Crippen LogP contribution in [-0.2, 0) is 15.8 Å². The van der Waals surface area contributed by atoms with Gasteiger partial charge in [0.25, 0.3) is 11.6 Å². The maximum atomic E-state index is 12.8.